The number of nitrogens with one attached hydrogen (secondary N) is 1. The summed E-state index contributed by atoms with van der Waals surface area (Å²) in [6, 6.07) is 10.2. The number of amides is 1. The topological polar surface area (TPSA) is 51.1 Å². The van der Waals surface area contributed by atoms with Gasteiger partial charge in [-0.2, -0.15) is 0 Å². The van der Waals surface area contributed by atoms with E-state index in [-0.39, 0.29) is 11.5 Å². The molecule has 4 nitrogen and oxygen atoms in total. The van der Waals surface area contributed by atoms with Crippen LogP contribution in [0, 0.1) is 0 Å². The number of aromatic nitrogens is 1. The first-order valence-electron chi connectivity index (χ1n) is 5.30. The zero-order valence-electron chi connectivity index (χ0n) is 9.68. The Bertz CT molecular complexity index is 649. The SMILES string of the molecule is Cn1cc(NC(=O)c2ccccc2Br)ccc1=O. The highest BCUT2D eigenvalue weighted by Crippen LogP contribution is 2.17. The van der Waals surface area contributed by atoms with Crippen LogP contribution in [0.1, 0.15) is 10.4 Å². The number of benzene rings is 1. The first-order valence-corrected chi connectivity index (χ1v) is 6.10. The normalized spacial score (nSPS) is 10.1. The molecule has 1 amide bonds. The zero-order chi connectivity index (χ0) is 13.1. The van der Waals surface area contributed by atoms with Gasteiger partial charge < -0.3 is 9.88 Å². The molecular weight excluding hydrogens is 296 g/mol. The van der Waals surface area contributed by atoms with Crippen LogP contribution >= 0.6 is 15.9 Å². The average molecular weight is 307 g/mol. The Morgan fingerprint density at radius 3 is 2.61 bits per heavy atom. The summed E-state index contributed by atoms with van der Waals surface area (Å²) in [7, 11) is 1.64. The van der Waals surface area contributed by atoms with Gasteiger partial charge in [0.25, 0.3) is 5.91 Å². The first kappa shape index (κ1) is 12.6. The molecule has 0 radical (unpaired) electrons. The van der Waals surface area contributed by atoms with Crippen LogP contribution in [0.4, 0.5) is 5.69 Å². The fourth-order valence-electron chi connectivity index (χ4n) is 1.51. The monoisotopic (exact) mass is 306 g/mol. The van der Waals surface area contributed by atoms with E-state index in [0.29, 0.717) is 11.3 Å². The molecule has 0 saturated heterocycles. The Hall–Kier alpha value is -1.88. The third kappa shape index (κ3) is 2.68. The molecule has 0 atom stereocenters. The summed E-state index contributed by atoms with van der Waals surface area (Å²) in [6.07, 6.45) is 1.58. The van der Waals surface area contributed by atoms with Gasteiger partial charge >= 0.3 is 0 Å². The molecule has 18 heavy (non-hydrogen) atoms. The highest BCUT2D eigenvalue weighted by molar-refractivity contribution is 9.10. The Kier molecular flexibility index (Phi) is 3.62. The minimum absolute atomic E-state index is 0.117. The van der Waals surface area contributed by atoms with E-state index < -0.39 is 0 Å². The molecule has 0 bridgehead atoms. The van der Waals surface area contributed by atoms with E-state index in [1.54, 1.807) is 37.5 Å². The molecule has 5 heteroatoms. The predicted molar refractivity (Wildman–Crippen MR) is 73.8 cm³/mol. The van der Waals surface area contributed by atoms with Gasteiger partial charge in [0, 0.05) is 23.8 Å². The van der Waals surface area contributed by atoms with Gasteiger partial charge in [0.1, 0.15) is 0 Å². The average Bonchev–Trinajstić information content (AvgIpc) is 2.34. The lowest BCUT2D eigenvalue weighted by Crippen LogP contribution is -2.18. The van der Waals surface area contributed by atoms with E-state index in [2.05, 4.69) is 21.2 Å². The largest absolute Gasteiger partial charge is 0.321 e. The molecule has 0 aliphatic rings. The smallest absolute Gasteiger partial charge is 0.256 e. The van der Waals surface area contributed by atoms with Crippen LogP contribution in [-0.4, -0.2) is 10.5 Å². The quantitative estimate of drug-likeness (QED) is 0.926. The van der Waals surface area contributed by atoms with Crippen LogP contribution in [0.3, 0.4) is 0 Å². The molecule has 0 fully saturated rings. The molecule has 0 aliphatic carbocycles. The van der Waals surface area contributed by atoms with Crippen molar-refractivity contribution in [3.05, 3.63) is 63.0 Å². The van der Waals surface area contributed by atoms with E-state index in [1.165, 1.54) is 10.6 Å². The van der Waals surface area contributed by atoms with Gasteiger partial charge in [-0.05, 0) is 34.1 Å². The molecule has 92 valence electrons. The standard InChI is InChI=1S/C13H11BrN2O2/c1-16-8-9(6-7-12(16)17)15-13(18)10-4-2-3-5-11(10)14/h2-8H,1H3,(H,15,18). The number of hydrogen-bond donors (Lipinski definition) is 1. The molecule has 0 spiro atoms. The van der Waals surface area contributed by atoms with Crippen molar-refractivity contribution in [1.29, 1.82) is 0 Å². The van der Waals surface area contributed by atoms with Crippen molar-refractivity contribution >= 4 is 27.5 Å². The summed E-state index contributed by atoms with van der Waals surface area (Å²) in [4.78, 5) is 23.2. The number of rotatable bonds is 2. The fourth-order valence-corrected chi connectivity index (χ4v) is 1.98. The first-order chi connectivity index (χ1) is 8.58. The lowest BCUT2D eigenvalue weighted by molar-refractivity contribution is 0.102. The minimum atomic E-state index is -0.221. The van der Waals surface area contributed by atoms with Crippen molar-refractivity contribution in [2.24, 2.45) is 7.05 Å². The highest BCUT2D eigenvalue weighted by Gasteiger charge is 2.09. The molecule has 1 N–H and O–H groups in total. The van der Waals surface area contributed by atoms with Crippen molar-refractivity contribution in [2.45, 2.75) is 0 Å². The Labute approximate surface area is 112 Å². The lowest BCUT2D eigenvalue weighted by atomic mass is 10.2. The maximum Gasteiger partial charge on any atom is 0.256 e. The van der Waals surface area contributed by atoms with E-state index in [9.17, 15) is 9.59 Å². The van der Waals surface area contributed by atoms with Gasteiger partial charge in [-0.15, -0.1) is 0 Å². The van der Waals surface area contributed by atoms with Crippen molar-refractivity contribution in [2.75, 3.05) is 5.32 Å². The van der Waals surface area contributed by atoms with E-state index in [1.807, 2.05) is 6.07 Å². The maximum absolute atomic E-state index is 12.0. The summed E-state index contributed by atoms with van der Waals surface area (Å²) in [5.74, 6) is -0.221. The molecule has 1 aromatic carbocycles. The predicted octanol–water partition coefficient (Wildman–Crippen LogP) is 2.40. The molecule has 1 aromatic heterocycles. The summed E-state index contributed by atoms with van der Waals surface area (Å²) >= 11 is 3.32. The third-order valence-electron chi connectivity index (χ3n) is 2.46. The number of aryl methyl sites for hydroxylation is 1. The number of anilines is 1. The molecule has 2 aromatic rings. The zero-order valence-corrected chi connectivity index (χ0v) is 11.3. The molecular formula is C13H11BrN2O2. The number of carbonyl (C=O) groups excluding carboxylic acids is 1. The summed E-state index contributed by atoms with van der Waals surface area (Å²) < 4.78 is 2.14. The Morgan fingerprint density at radius 2 is 1.94 bits per heavy atom. The number of pyridine rings is 1. The van der Waals surface area contributed by atoms with Gasteiger partial charge in [-0.25, -0.2) is 0 Å². The second-order valence-corrected chi connectivity index (χ2v) is 4.66. The number of nitrogens with zero attached hydrogens (tertiary/aromatic N) is 1. The van der Waals surface area contributed by atoms with Gasteiger partial charge in [0.15, 0.2) is 0 Å². The minimum Gasteiger partial charge on any atom is -0.321 e. The van der Waals surface area contributed by atoms with Crippen LogP contribution in [-0.2, 0) is 7.05 Å². The van der Waals surface area contributed by atoms with Crippen LogP contribution in [0.15, 0.2) is 51.9 Å². The Balaban J connectivity index is 2.24. The Morgan fingerprint density at radius 1 is 1.22 bits per heavy atom. The third-order valence-corrected chi connectivity index (χ3v) is 3.15. The van der Waals surface area contributed by atoms with E-state index >= 15 is 0 Å². The van der Waals surface area contributed by atoms with E-state index in [0.717, 1.165) is 4.47 Å². The second-order valence-electron chi connectivity index (χ2n) is 3.80. The van der Waals surface area contributed by atoms with Crippen molar-refractivity contribution in [1.82, 2.24) is 4.57 Å². The highest BCUT2D eigenvalue weighted by atomic mass is 79.9. The lowest BCUT2D eigenvalue weighted by Gasteiger charge is -2.07. The van der Waals surface area contributed by atoms with Crippen LogP contribution in [0.5, 0.6) is 0 Å². The van der Waals surface area contributed by atoms with Crippen molar-refractivity contribution in [3.63, 3.8) is 0 Å². The van der Waals surface area contributed by atoms with Crippen LogP contribution in [0.25, 0.3) is 0 Å². The summed E-state index contributed by atoms with van der Waals surface area (Å²) in [6.45, 7) is 0. The number of carbonyl (C=O) groups is 1. The fraction of sp³-hybridized carbons (Fsp3) is 0.0769. The summed E-state index contributed by atoms with van der Waals surface area (Å²) in [5.41, 5.74) is 1.01. The number of hydrogen-bond acceptors (Lipinski definition) is 2. The maximum atomic E-state index is 12.0. The van der Waals surface area contributed by atoms with Crippen molar-refractivity contribution in [3.8, 4) is 0 Å². The van der Waals surface area contributed by atoms with Gasteiger partial charge in [-0.1, -0.05) is 12.1 Å². The molecule has 0 aliphatic heterocycles. The van der Waals surface area contributed by atoms with Crippen molar-refractivity contribution < 1.29 is 4.79 Å². The number of halogens is 1. The molecule has 2 rings (SSSR count). The van der Waals surface area contributed by atoms with Crippen LogP contribution < -0.4 is 10.9 Å². The molecule has 1 heterocycles. The van der Waals surface area contributed by atoms with Gasteiger partial charge in [0.2, 0.25) is 5.56 Å². The second kappa shape index (κ2) is 5.18. The molecule has 0 saturated carbocycles. The van der Waals surface area contributed by atoms with Gasteiger partial charge in [0.05, 0.1) is 11.3 Å². The molecule has 0 unspecified atom stereocenters. The van der Waals surface area contributed by atoms with E-state index in [4.69, 9.17) is 0 Å². The van der Waals surface area contributed by atoms with Gasteiger partial charge in [-0.3, -0.25) is 9.59 Å². The summed E-state index contributed by atoms with van der Waals surface area (Å²) in [5, 5.41) is 2.74. The van der Waals surface area contributed by atoms with Crippen LogP contribution in [0.2, 0.25) is 0 Å².